The lowest BCUT2D eigenvalue weighted by molar-refractivity contribution is 0.886. The molecule has 0 fully saturated rings. The molecule has 0 aliphatic heterocycles. The van der Waals surface area contributed by atoms with Gasteiger partial charge in [0.2, 0.25) is 0 Å². The average molecular weight is 256 g/mol. The molecular formula is C15H20N4. The first-order chi connectivity index (χ1) is 9.24. The number of aryl methyl sites for hydroxylation is 1. The first-order valence-electron chi connectivity index (χ1n) is 6.73. The number of nitrogens with zero attached hydrogens (tertiary/aromatic N) is 3. The molecule has 2 heterocycles. The number of nitrogens with one attached hydrogen (secondary N) is 1. The molecule has 0 bridgehead atoms. The summed E-state index contributed by atoms with van der Waals surface area (Å²) >= 11 is 0. The van der Waals surface area contributed by atoms with Crippen LogP contribution >= 0.6 is 0 Å². The van der Waals surface area contributed by atoms with E-state index in [1.165, 1.54) is 5.56 Å². The maximum Gasteiger partial charge on any atom is 0.135 e. The summed E-state index contributed by atoms with van der Waals surface area (Å²) in [6.07, 6.45) is 5.27. The van der Waals surface area contributed by atoms with Crippen molar-refractivity contribution in [3.8, 4) is 0 Å². The van der Waals surface area contributed by atoms with E-state index in [0.29, 0.717) is 0 Å². The Hall–Kier alpha value is -1.97. The predicted molar refractivity (Wildman–Crippen MR) is 77.4 cm³/mol. The zero-order valence-corrected chi connectivity index (χ0v) is 11.8. The van der Waals surface area contributed by atoms with Gasteiger partial charge < -0.3 is 5.32 Å². The number of anilines is 1. The molecule has 100 valence electrons. The Labute approximate surface area is 114 Å². The van der Waals surface area contributed by atoms with Crippen LogP contribution in [0.2, 0.25) is 0 Å². The van der Waals surface area contributed by atoms with Crippen LogP contribution in [0.25, 0.3) is 0 Å². The lowest BCUT2D eigenvalue weighted by atomic mass is 10.1. The van der Waals surface area contributed by atoms with Gasteiger partial charge in [0.25, 0.3) is 0 Å². The molecule has 4 heteroatoms. The topological polar surface area (TPSA) is 50.7 Å². The van der Waals surface area contributed by atoms with E-state index in [-0.39, 0.29) is 0 Å². The van der Waals surface area contributed by atoms with E-state index in [4.69, 9.17) is 0 Å². The molecule has 19 heavy (non-hydrogen) atoms. The Morgan fingerprint density at radius 3 is 2.47 bits per heavy atom. The van der Waals surface area contributed by atoms with Gasteiger partial charge in [-0.05, 0) is 38.0 Å². The van der Waals surface area contributed by atoms with Gasteiger partial charge in [-0.25, -0.2) is 9.97 Å². The number of hydrogen-bond donors (Lipinski definition) is 1. The third-order valence-electron chi connectivity index (χ3n) is 3.08. The molecule has 4 nitrogen and oxygen atoms in total. The Morgan fingerprint density at radius 1 is 1.11 bits per heavy atom. The minimum atomic E-state index is 0.744. The summed E-state index contributed by atoms with van der Waals surface area (Å²) in [6, 6.07) is 4.00. The van der Waals surface area contributed by atoms with Gasteiger partial charge in [-0.3, -0.25) is 4.98 Å². The quantitative estimate of drug-likeness (QED) is 0.893. The number of aromatic nitrogens is 3. The molecule has 0 atom stereocenters. The van der Waals surface area contributed by atoms with Crippen LogP contribution in [0.3, 0.4) is 0 Å². The van der Waals surface area contributed by atoms with Gasteiger partial charge in [0, 0.05) is 36.6 Å². The molecule has 0 unspecified atom stereocenters. The smallest absolute Gasteiger partial charge is 0.135 e. The van der Waals surface area contributed by atoms with Crippen molar-refractivity contribution in [2.75, 3.05) is 11.9 Å². The van der Waals surface area contributed by atoms with Crippen molar-refractivity contribution in [3.05, 3.63) is 47.2 Å². The molecule has 0 saturated carbocycles. The fourth-order valence-electron chi connectivity index (χ4n) is 2.06. The molecule has 2 aromatic rings. The summed E-state index contributed by atoms with van der Waals surface area (Å²) in [5, 5.41) is 3.31. The van der Waals surface area contributed by atoms with E-state index in [2.05, 4.69) is 41.0 Å². The summed E-state index contributed by atoms with van der Waals surface area (Å²) in [5.41, 5.74) is 3.46. The van der Waals surface area contributed by atoms with Gasteiger partial charge in [-0.15, -0.1) is 0 Å². The van der Waals surface area contributed by atoms with Gasteiger partial charge in [-0.2, -0.15) is 0 Å². The van der Waals surface area contributed by atoms with Crippen LogP contribution < -0.4 is 5.32 Å². The molecule has 0 aliphatic carbocycles. The van der Waals surface area contributed by atoms with Gasteiger partial charge in [0.15, 0.2) is 0 Å². The average Bonchev–Trinajstić information content (AvgIpc) is 2.43. The third-order valence-corrected chi connectivity index (χ3v) is 3.08. The molecule has 2 aromatic heterocycles. The van der Waals surface area contributed by atoms with E-state index in [1.807, 2.05) is 12.1 Å². The summed E-state index contributed by atoms with van der Waals surface area (Å²) in [4.78, 5) is 13.3. The van der Waals surface area contributed by atoms with Crippen LogP contribution in [0.4, 0.5) is 5.82 Å². The van der Waals surface area contributed by atoms with E-state index >= 15 is 0 Å². The zero-order valence-electron chi connectivity index (χ0n) is 11.8. The second-order valence-corrected chi connectivity index (χ2v) is 4.48. The van der Waals surface area contributed by atoms with Crippen LogP contribution in [0.5, 0.6) is 0 Å². The summed E-state index contributed by atoms with van der Waals surface area (Å²) in [6.45, 7) is 7.15. The van der Waals surface area contributed by atoms with Crippen LogP contribution in [0.15, 0.2) is 24.5 Å². The molecule has 0 radical (unpaired) electrons. The van der Waals surface area contributed by atoms with Gasteiger partial charge in [-0.1, -0.05) is 6.92 Å². The first kappa shape index (κ1) is 13.5. The molecule has 2 rings (SSSR count). The lowest BCUT2D eigenvalue weighted by Gasteiger charge is -2.12. The van der Waals surface area contributed by atoms with Crippen molar-refractivity contribution < 1.29 is 0 Å². The van der Waals surface area contributed by atoms with E-state index in [0.717, 1.165) is 42.3 Å². The van der Waals surface area contributed by atoms with E-state index in [1.54, 1.807) is 12.4 Å². The first-order valence-corrected chi connectivity index (χ1v) is 6.73. The maximum atomic E-state index is 4.66. The van der Waals surface area contributed by atoms with Gasteiger partial charge >= 0.3 is 0 Å². The van der Waals surface area contributed by atoms with Crippen molar-refractivity contribution in [3.63, 3.8) is 0 Å². The third kappa shape index (κ3) is 3.28. The molecule has 1 N–H and O–H groups in total. The Kier molecular flexibility index (Phi) is 4.44. The lowest BCUT2D eigenvalue weighted by Crippen LogP contribution is -2.09. The van der Waals surface area contributed by atoms with Crippen LogP contribution in [-0.4, -0.2) is 21.5 Å². The van der Waals surface area contributed by atoms with E-state index in [9.17, 15) is 0 Å². The molecule has 0 spiro atoms. The standard InChI is InChI=1S/C15H20N4/c1-4-13-11(3)15(17-5-2)19-14(18-13)10-12-6-8-16-9-7-12/h6-9H,4-5,10H2,1-3H3,(H,17,18,19). The monoisotopic (exact) mass is 256 g/mol. The highest BCUT2D eigenvalue weighted by molar-refractivity contribution is 5.46. The minimum Gasteiger partial charge on any atom is -0.370 e. The van der Waals surface area contributed by atoms with Crippen molar-refractivity contribution in [2.24, 2.45) is 0 Å². The molecule has 0 saturated heterocycles. The van der Waals surface area contributed by atoms with Crippen molar-refractivity contribution in [1.82, 2.24) is 15.0 Å². The van der Waals surface area contributed by atoms with Crippen molar-refractivity contribution in [2.45, 2.75) is 33.6 Å². The van der Waals surface area contributed by atoms with Gasteiger partial charge in [0.1, 0.15) is 11.6 Å². The van der Waals surface area contributed by atoms with Crippen LogP contribution in [0, 0.1) is 6.92 Å². The zero-order chi connectivity index (χ0) is 13.7. The Bertz CT molecular complexity index is 537. The second kappa shape index (κ2) is 6.27. The largest absolute Gasteiger partial charge is 0.370 e. The second-order valence-electron chi connectivity index (χ2n) is 4.48. The summed E-state index contributed by atoms with van der Waals surface area (Å²) in [7, 11) is 0. The normalized spacial score (nSPS) is 10.5. The highest BCUT2D eigenvalue weighted by Crippen LogP contribution is 2.17. The van der Waals surface area contributed by atoms with Gasteiger partial charge in [0.05, 0.1) is 0 Å². The Morgan fingerprint density at radius 2 is 1.84 bits per heavy atom. The molecule has 0 aliphatic rings. The highest BCUT2D eigenvalue weighted by atomic mass is 15.0. The van der Waals surface area contributed by atoms with Crippen LogP contribution in [-0.2, 0) is 12.8 Å². The highest BCUT2D eigenvalue weighted by Gasteiger charge is 2.09. The maximum absolute atomic E-state index is 4.66. The van der Waals surface area contributed by atoms with Crippen molar-refractivity contribution >= 4 is 5.82 Å². The molecular weight excluding hydrogens is 236 g/mol. The number of pyridine rings is 1. The van der Waals surface area contributed by atoms with E-state index < -0.39 is 0 Å². The molecule has 0 amide bonds. The fraction of sp³-hybridized carbons (Fsp3) is 0.400. The number of hydrogen-bond acceptors (Lipinski definition) is 4. The summed E-state index contributed by atoms with van der Waals surface area (Å²) < 4.78 is 0. The SMILES string of the molecule is CCNc1nc(Cc2ccncc2)nc(CC)c1C. The van der Waals surface area contributed by atoms with Crippen LogP contribution in [0.1, 0.15) is 36.5 Å². The molecule has 0 aromatic carbocycles. The summed E-state index contributed by atoms with van der Waals surface area (Å²) in [5.74, 6) is 1.82. The Balaban J connectivity index is 2.32. The minimum absolute atomic E-state index is 0.744. The fourth-order valence-corrected chi connectivity index (χ4v) is 2.06. The predicted octanol–water partition coefficient (Wildman–Crippen LogP) is 2.77. The van der Waals surface area contributed by atoms with Crippen molar-refractivity contribution in [1.29, 1.82) is 0 Å². The number of rotatable bonds is 5.